The Kier molecular flexibility index (Phi) is 5.15. The molecule has 0 aliphatic heterocycles. The standard InChI is InChI=1S/C16H30N2O3/c1-5-20-13-11-12(16(13)9-7-6-8-10-16)17-18-14(19)21-15(2,3)4/h12-13,17H,5-11H2,1-4H3,(H,18,19). The maximum Gasteiger partial charge on any atom is 0.422 e. The summed E-state index contributed by atoms with van der Waals surface area (Å²) < 4.78 is 11.2. The van der Waals surface area contributed by atoms with Gasteiger partial charge in [-0.2, -0.15) is 0 Å². The van der Waals surface area contributed by atoms with Crippen LogP contribution in [0.15, 0.2) is 0 Å². The quantitative estimate of drug-likeness (QED) is 0.783. The summed E-state index contributed by atoms with van der Waals surface area (Å²) in [5.74, 6) is 0. The van der Waals surface area contributed by atoms with Gasteiger partial charge in [-0.1, -0.05) is 19.3 Å². The highest BCUT2D eigenvalue weighted by atomic mass is 16.6. The van der Waals surface area contributed by atoms with Crippen LogP contribution >= 0.6 is 0 Å². The van der Waals surface area contributed by atoms with Crippen LogP contribution in [0, 0.1) is 5.41 Å². The molecule has 5 heteroatoms. The first-order chi connectivity index (χ1) is 9.87. The molecule has 0 radical (unpaired) electrons. The summed E-state index contributed by atoms with van der Waals surface area (Å²) in [5.41, 5.74) is 5.62. The van der Waals surface area contributed by atoms with E-state index in [0.717, 1.165) is 13.0 Å². The van der Waals surface area contributed by atoms with Crippen molar-refractivity contribution in [2.45, 2.75) is 84.0 Å². The van der Waals surface area contributed by atoms with Gasteiger partial charge in [-0.05, 0) is 47.0 Å². The number of hydrogen-bond donors (Lipinski definition) is 2. The first kappa shape index (κ1) is 16.6. The molecular formula is C16H30N2O3. The molecule has 2 aliphatic rings. The van der Waals surface area contributed by atoms with Gasteiger partial charge in [0.15, 0.2) is 0 Å². The van der Waals surface area contributed by atoms with Crippen molar-refractivity contribution in [3.8, 4) is 0 Å². The van der Waals surface area contributed by atoms with Gasteiger partial charge in [0.25, 0.3) is 0 Å². The summed E-state index contributed by atoms with van der Waals surface area (Å²) in [6, 6.07) is 0.293. The van der Waals surface area contributed by atoms with Crippen molar-refractivity contribution in [3.05, 3.63) is 0 Å². The highest BCUT2D eigenvalue weighted by Crippen LogP contribution is 2.53. The van der Waals surface area contributed by atoms with E-state index in [1.54, 1.807) is 0 Å². The molecular weight excluding hydrogens is 268 g/mol. The molecule has 0 saturated heterocycles. The van der Waals surface area contributed by atoms with Gasteiger partial charge in [0.05, 0.1) is 6.10 Å². The topological polar surface area (TPSA) is 59.6 Å². The maximum absolute atomic E-state index is 11.8. The zero-order valence-electron chi connectivity index (χ0n) is 13.8. The van der Waals surface area contributed by atoms with Gasteiger partial charge >= 0.3 is 6.09 Å². The van der Waals surface area contributed by atoms with Crippen LogP contribution in [0.4, 0.5) is 4.79 Å². The Morgan fingerprint density at radius 1 is 1.24 bits per heavy atom. The molecule has 5 nitrogen and oxygen atoms in total. The normalized spacial score (nSPS) is 28.0. The van der Waals surface area contributed by atoms with E-state index in [2.05, 4.69) is 17.8 Å². The van der Waals surface area contributed by atoms with Crippen LogP contribution in [0.5, 0.6) is 0 Å². The van der Waals surface area contributed by atoms with Crippen molar-refractivity contribution in [1.82, 2.24) is 10.9 Å². The van der Waals surface area contributed by atoms with Gasteiger partial charge < -0.3 is 9.47 Å². The first-order valence-corrected chi connectivity index (χ1v) is 8.23. The summed E-state index contributed by atoms with van der Waals surface area (Å²) in [6.45, 7) is 8.41. The largest absolute Gasteiger partial charge is 0.443 e. The summed E-state index contributed by atoms with van der Waals surface area (Å²) >= 11 is 0. The van der Waals surface area contributed by atoms with Crippen LogP contribution in [-0.4, -0.2) is 30.4 Å². The van der Waals surface area contributed by atoms with Crippen LogP contribution in [0.2, 0.25) is 0 Å². The van der Waals surface area contributed by atoms with Crippen molar-refractivity contribution < 1.29 is 14.3 Å². The van der Waals surface area contributed by atoms with E-state index >= 15 is 0 Å². The summed E-state index contributed by atoms with van der Waals surface area (Å²) in [7, 11) is 0. The Morgan fingerprint density at radius 3 is 2.48 bits per heavy atom. The number of hydrazine groups is 1. The minimum absolute atomic E-state index is 0.198. The fourth-order valence-corrected chi connectivity index (χ4v) is 3.72. The lowest BCUT2D eigenvalue weighted by Gasteiger charge is -2.57. The van der Waals surface area contributed by atoms with Gasteiger partial charge in [-0.15, -0.1) is 0 Å². The van der Waals surface area contributed by atoms with E-state index in [9.17, 15) is 4.79 Å². The lowest BCUT2D eigenvalue weighted by atomic mass is 9.55. The van der Waals surface area contributed by atoms with E-state index in [-0.39, 0.29) is 5.41 Å². The van der Waals surface area contributed by atoms with Crippen molar-refractivity contribution in [2.75, 3.05) is 6.61 Å². The van der Waals surface area contributed by atoms with E-state index < -0.39 is 11.7 Å². The molecule has 0 aromatic heterocycles. The van der Waals surface area contributed by atoms with E-state index in [4.69, 9.17) is 9.47 Å². The highest BCUT2D eigenvalue weighted by molar-refractivity contribution is 5.67. The monoisotopic (exact) mass is 298 g/mol. The van der Waals surface area contributed by atoms with Crippen molar-refractivity contribution in [2.24, 2.45) is 5.41 Å². The molecule has 1 spiro atoms. The number of nitrogens with one attached hydrogen (secondary N) is 2. The Bertz CT molecular complexity index is 359. The fraction of sp³-hybridized carbons (Fsp3) is 0.938. The first-order valence-electron chi connectivity index (χ1n) is 8.23. The van der Waals surface area contributed by atoms with Gasteiger partial charge in [0.2, 0.25) is 0 Å². The highest BCUT2D eigenvalue weighted by Gasteiger charge is 2.55. The average Bonchev–Trinajstić information content (AvgIpc) is 2.41. The number of amides is 1. The SMILES string of the molecule is CCOC1CC(NNC(=O)OC(C)(C)C)C12CCCCC2. The summed E-state index contributed by atoms with van der Waals surface area (Å²) in [4.78, 5) is 11.8. The van der Waals surface area contributed by atoms with Crippen LogP contribution in [-0.2, 0) is 9.47 Å². The molecule has 21 heavy (non-hydrogen) atoms. The molecule has 2 unspecified atom stereocenters. The van der Waals surface area contributed by atoms with Crippen LogP contribution in [0.3, 0.4) is 0 Å². The van der Waals surface area contributed by atoms with Gasteiger partial charge in [-0.25, -0.2) is 10.2 Å². The van der Waals surface area contributed by atoms with E-state index in [0.29, 0.717) is 12.1 Å². The lowest BCUT2D eigenvalue weighted by molar-refractivity contribution is -0.152. The van der Waals surface area contributed by atoms with Gasteiger partial charge in [0.1, 0.15) is 5.60 Å². The smallest absolute Gasteiger partial charge is 0.422 e. The predicted molar refractivity (Wildman–Crippen MR) is 81.8 cm³/mol. The molecule has 2 atom stereocenters. The Hall–Kier alpha value is -0.810. The number of hydrogen-bond acceptors (Lipinski definition) is 4. The molecule has 2 fully saturated rings. The zero-order chi connectivity index (χ0) is 15.5. The lowest BCUT2D eigenvalue weighted by Crippen LogP contribution is -2.67. The van der Waals surface area contributed by atoms with Crippen LogP contribution in [0.1, 0.15) is 66.2 Å². The molecule has 2 saturated carbocycles. The van der Waals surface area contributed by atoms with Crippen LogP contribution < -0.4 is 10.9 Å². The molecule has 2 rings (SSSR count). The van der Waals surface area contributed by atoms with E-state index in [1.165, 1.54) is 32.1 Å². The molecule has 0 aromatic carbocycles. The molecule has 2 N–H and O–H groups in total. The second-order valence-corrected chi connectivity index (χ2v) is 7.30. The second kappa shape index (κ2) is 6.53. The minimum atomic E-state index is -0.470. The van der Waals surface area contributed by atoms with Gasteiger partial charge in [-0.3, -0.25) is 5.43 Å². The Balaban J connectivity index is 1.87. The third kappa shape index (κ3) is 3.89. The Labute approximate surface area is 128 Å². The second-order valence-electron chi connectivity index (χ2n) is 7.30. The molecule has 1 amide bonds. The molecule has 2 aliphatic carbocycles. The number of ether oxygens (including phenoxy) is 2. The number of rotatable bonds is 4. The third-order valence-corrected chi connectivity index (χ3v) is 4.68. The Morgan fingerprint density at radius 2 is 1.90 bits per heavy atom. The average molecular weight is 298 g/mol. The summed E-state index contributed by atoms with van der Waals surface area (Å²) in [6.07, 6.45) is 7.09. The maximum atomic E-state index is 11.8. The number of carbonyl (C=O) groups is 1. The molecule has 0 heterocycles. The predicted octanol–water partition coefficient (Wildman–Crippen LogP) is 3.14. The van der Waals surface area contributed by atoms with Crippen LogP contribution in [0.25, 0.3) is 0 Å². The van der Waals surface area contributed by atoms with Crippen molar-refractivity contribution in [1.29, 1.82) is 0 Å². The summed E-state index contributed by atoms with van der Waals surface area (Å²) in [5, 5.41) is 0. The molecule has 0 bridgehead atoms. The van der Waals surface area contributed by atoms with Crippen molar-refractivity contribution >= 4 is 6.09 Å². The third-order valence-electron chi connectivity index (χ3n) is 4.68. The molecule has 0 aromatic rings. The minimum Gasteiger partial charge on any atom is -0.443 e. The van der Waals surface area contributed by atoms with E-state index in [1.807, 2.05) is 20.8 Å². The van der Waals surface area contributed by atoms with Gasteiger partial charge in [0, 0.05) is 18.1 Å². The zero-order valence-corrected chi connectivity index (χ0v) is 13.8. The molecule has 122 valence electrons. The fourth-order valence-electron chi connectivity index (χ4n) is 3.72. The van der Waals surface area contributed by atoms with Crippen molar-refractivity contribution in [3.63, 3.8) is 0 Å². The number of carbonyl (C=O) groups excluding carboxylic acids is 1.